The van der Waals surface area contributed by atoms with Crippen LogP contribution >= 0.6 is 0 Å². The number of fused-ring (bicyclic) bond motifs is 1. The van der Waals surface area contributed by atoms with Gasteiger partial charge in [0, 0.05) is 6.54 Å². The van der Waals surface area contributed by atoms with E-state index >= 15 is 0 Å². The summed E-state index contributed by atoms with van der Waals surface area (Å²) in [4.78, 5) is 4.13. The fourth-order valence-electron chi connectivity index (χ4n) is 1.36. The molecule has 2 aromatic heterocycles. The molecule has 0 aliphatic heterocycles. The van der Waals surface area contributed by atoms with Crippen molar-refractivity contribution in [2.24, 2.45) is 0 Å². The maximum absolute atomic E-state index is 4.13. The summed E-state index contributed by atoms with van der Waals surface area (Å²) in [5, 5.41) is 7.33. The van der Waals surface area contributed by atoms with Gasteiger partial charge in [-0.2, -0.15) is 9.61 Å². The number of aryl methyl sites for hydroxylation is 1. The number of nitrogens with one attached hydrogen (secondary N) is 1. The average molecular weight is 188 g/mol. The fourth-order valence-corrected chi connectivity index (χ4v) is 1.36. The summed E-state index contributed by atoms with van der Waals surface area (Å²) in [6.45, 7) is 6.41. The van der Waals surface area contributed by atoms with Gasteiger partial charge in [-0.3, -0.25) is 0 Å². The molecule has 0 aliphatic rings. The summed E-state index contributed by atoms with van der Waals surface area (Å²) in [7, 11) is 0. The van der Waals surface area contributed by atoms with Crippen LogP contribution in [0.2, 0.25) is 0 Å². The van der Waals surface area contributed by atoms with Crippen LogP contribution < -0.4 is 5.32 Å². The van der Waals surface area contributed by atoms with Gasteiger partial charge in [0.15, 0.2) is 5.65 Å². The highest BCUT2D eigenvalue weighted by molar-refractivity contribution is 5.51. The molecule has 0 aliphatic carbocycles. The van der Waals surface area contributed by atoms with Crippen molar-refractivity contribution in [3.05, 3.63) is 36.7 Å². The fraction of sp³-hybridized carbons (Fsp3) is 0.200. The standard InChI is InChI=1S/C10H12N4/c1-3-4-11-9-5-8(2)6-10-12-7-13-14(9)10/h3,5-7,11H,1,4H2,2H3. The van der Waals surface area contributed by atoms with Gasteiger partial charge in [0.1, 0.15) is 12.1 Å². The Kier molecular flexibility index (Phi) is 2.18. The Morgan fingerprint density at radius 2 is 2.43 bits per heavy atom. The van der Waals surface area contributed by atoms with Gasteiger partial charge in [0.2, 0.25) is 0 Å². The van der Waals surface area contributed by atoms with Crippen LogP contribution in [-0.2, 0) is 0 Å². The van der Waals surface area contributed by atoms with Gasteiger partial charge in [-0.1, -0.05) is 6.08 Å². The monoisotopic (exact) mass is 188 g/mol. The van der Waals surface area contributed by atoms with Crippen molar-refractivity contribution in [3.63, 3.8) is 0 Å². The second-order valence-electron chi connectivity index (χ2n) is 3.12. The Morgan fingerprint density at radius 3 is 3.21 bits per heavy atom. The maximum atomic E-state index is 4.13. The second-order valence-corrected chi connectivity index (χ2v) is 3.12. The van der Waals surface area contributed by atoms with Crippen molar-refractivity contribution in [2.45, 2.75) is 6.92 Å². The number of hydrogen-bond acceptors (Lipinski definition) is 3. The van der Waals surface area contributed by atoms with Crippen LogP contribution in [0.25, 0.3) is 5.65 Å². The molecule has 0 atom stereocenters. The molecule has 14 heavy (non-hydrogen) atoms. The molecule has 0 saturated carbocycles. The number of hydrogen-bond donors (Lipinski definition) is 1. The topological polar surface area (TPSA) is 42.2 Å². The average Bonchev–Trinajstić information content (AvgIpc) is 2.61. The molecule has 0 unspecified atom stereocenters. The van der Waals surface area contributed by atoms with E-state index in [0.29, 0.717) is 0 Å². The molecule has 0 bridgehead atoms. The summed E-state index contributed by atoms with van der Waals surface area (Å²) in [5.74, 6) is 0.942. The maximum Gasteiger partial charge on any atom is 0.157 e. The molecule has 2 aromatic rings. The molecule has 2 rings (SSSR count). The molecule has 0 fully saturated rings. The zero-order valence-corrected chi connectivity index (χ0v) is 8.07. The SMILES string of the molecule is C=CCNc1cc(C)cc2ncnn12. The van der Waals surface area contributed by atoms with Gasteiger partial charge in [0.25, 0.3) is 0 Å². The lowest BCUT2D eigenvalue weighted by atomic mass is 10.3. The third-order valence-corrected chi connectivity index (χ3v) is 1.95. The molecule has 0 amide bonds. The molecule has 1 N–H and O–H groups in total. The molecule has 0 aromatic carbocycles. The van der Waals surface area contributed by atoms with Gasteiger partial charge >= 0.3 is 0 Å². The molecule has 4 nitrogen and oxygen atoms in total. The first kappa shape index (κ1) is 8.74. The molecule has 4 heteroatoms. The lowest BCUT2D eigenvalue weighted by Gasteiger charge is -2.06. The Morgan fingerprint density at radius 1 is 1.57 bits per heavy atom. The first-order chi connectivity index (χ1) is 6.81. The third kappa shape index (κ3) is 1.46. The van der Waals surface area contributed by atoms with E-state index in [-0.39, 0.29) is 0 Å². The van der Waals surface area contributed by atoms with E-state index in [4.69, 9.17) is 0 Å². The largest absolute Gasteiger partial charge is 0.366 e. The van der Waals surface area contributed by atoms with Crippen molar-refractivity contribution in [1.82, 2.24) is 14.6 Å². The zero-order valence-electron chi connectivity index (χ0n) is 8.07. The van der Waals surface area contributed by atoms with E-state index in [0.717, 1.165) is 23.6 Å². The highest BCUT2D eigenvalue weighted by Gasteiger charge is 2.01. The number of aromatic nitrogens is 3. The Labute approximate surface area is 82.3 Å². The lowest BCUT2D eigenvalue weighted by molar-refractivity contribution is 0.955. The van der Waals surface area contributed by atoms with Gasteiger partial charge in [-0.05, 0) is 24.6 Å². The normalized spacial score (nSPS) is 10.4. The number of anilines is 1. The van der Waals surface area contributed by atoms with Crippen LogP contribution in [0.1, 0.15) is 5.56 Å². The number of nitrogens with zero attached hydrogens (tertiary/aromatic N) is 3. The molecule has 72 valence electrons. The van der Waals surface area contributed by atoms with Crippen LogP contribution in [0.3, 0.4) is 0 Å². The van der Waals surface area contributed by atoms with Crippen LogP contribution in [-0.4, -0.2) is 21.1 Å². The Hall–Kier alpha value is -1.84. The van der Waals surface area contributed by atoms with Crippen molar-refractivity contribution in [3.8, 4) is 0 Å². The van der Waals surface area contributed by atoms with Crippen LogP contribution in [0.15, 0.2) is 31.1 Å². The first-order valence-corrected chi connectivity index (χ1v) is 4.46. The van der Waals surface area contributed by atoms with Crippen LogP contribution in [0, 0.1) is 6.92 Å². The summed E-state index contributed by atoms with van der Waals surface area (Å²) in [5.41, 5.74) is 2.02. The van der Waals surface area contributed by atoms with Crippen molar-refractivity contribution in [1.29, 1.82) is 0 Å². The molecule has 0 radical (unpaired) electrons. The van der Waals surface area contributed by atoms with Gasteiger partial charge < -0.3 is 5.32 Å². The van der Waals surface area contributed by atoms with Crippen LogP contribution in [0.4, 0.5) is 5.82 Å². The van der Waals surface area contributed by atoms with Crippen molar-refractivity contribution >= 4 is 11.5 Å². The van der Waals surface area contributed by atoms with Gasteiger partial charge in [-0.15, -0.1) is 6.58 Å². The van der Waals surface area contributed by atoms with Gasteiger partial charge in [0.05, 0.1) is 0 Å². The van der Waals surface area contributed by atoms with E-state index in [9.17, 15) is 0 Å². The minimum Gasteiger partial charge on any atom is -0.366 e. The first-order valence-electron chi connectivity index (χ1n) is 4.46. The summed E-state index contributed by atoms with van der Waals surface area (Å²) >= 11 is 0. The molecular formula is C10H12N4. The highest BCUT2D eigenvalue weighted by atomic mass is 15.3. The van der Waals surface area contributed by atoms with E-state index in [2.05, 4.69) is 22.0 Å². The lowest BCUT2D eigenvalue weighted by Crippen LogP contribution is -2.04. The van der Waals surface area contributed by atoms with E-state index in [1.54, 1.807) is 10.8 Å². The number of rotatable bonds is 3. The molecule has 2 heterocycles. The summed E-state index contributed by atoms with van der Waals surface area (Å²) in [6.07, 6.45) is 3.36. The molecule has 0 saturated heterocycles. The van der Waals surface area contributed by atoms with Crippen molar-refractivity contribution < 1.29 is 0 Å². The van der Waals surface area contributed by atoms with Gasteiger partial charge in [-0.25, -0.2) is 4.98 Å². The minimum atomic E-state index is 0.721. The van der Waals surface area contributed by atoms with E-state index in [1.807, 2.05) is 25.1 Å². The van der Waals surface area contributed by atoms with Crippen LogP contribution in [0.5, 0.6) is 0 Å². The zero-order chi connectivity index (χ0) is 9.97. The summed E-state index contributed by atoms with van der Waals surface area (Å²) < 4.78 is 1.77. The summed E-state index contributed by atoms with van der Waals surface area (Å²) in [6, 6.07) is 4.03. The predicted octanol–water partition coefficient (Wildman–Crippen LogP) is 1.64. The quantitative estimate of drug-likeness (QED) is 0.744. The minimum absolute atomic E-state index is 0.721. The molecule has 0 spiro atoms. The Balaban J connectivity index is 2.49. The second kappa shape index (κ2) is 3.49. The Bertz CT molecular complexity index is 458. The smallest absolute Gasteiger partial charge is 0.157 e. The predicted molar refractivity (Wildman–Crippen MR) is 56.4 cm³/mol. The number of pyridine rings is 1. The highest BCUT2D eigenvalue weighted by Crippen LogP contribution is 2.12. The van der Waals surface area contributed by atoms with Crippen molar-refractivity contribution in [2.75, 3.05) is 11.9 Å². The molecular weight excluding hydrogens is 176 g/mol. The van der Waals surface area contributed by atoms with E-state index < -0.39 is 0 Å². The third-order valence-electron chi connectivity index (χ3n) is 1.95. The van der Waals surface area contributed by atoms with E-state index in [1.165, 1.54) is 0 Å².